The molecule has 2 aromatic rings. The standard InChI is InChI=1S/C19H24N2O2/c1-3-15-9-5-6-10-16(15)20-14-13-19(22)21-17-11-7-8-12-18(17)23-4-2/h5-12,20H,3-4,13-14H2,1-2H3,(H,21,22). The van der Waals surface area contributed by atoms with E-state index in [1.165, 1.54) is 5.56 Å². The molecule has 0 atom stereocenters. The average molecular weight is 312 g/mol. The molecule has 0 radical (unpaired) electrons. The number of anilines is 2. The minimum Gasteiger partial charge on any atom is -0.492 e. The Morgan fingerprint density at radius 1 is 1.00 bits per heavy atom. The van der Waals surface area contributed by atoms with E-state index < -0.39 is 0 Å². The van der Waals surface area contributed by atoms with Crippen molar-refractivity contribution in [3.05, 3.63) is 54.1 Å². The first-order valence-corrected chi connectivity index (χ1v) is 8.08. The molecule has 0 aromatic heterocycles. The smallest absolute Gasteiger partial charge is 0.226 e. The molecule has 0 aliphatic heterocycles. The molecular formula is C19H24N2O2. The molecule has 0 spiro atoms. The SMILES string of the molecule is CCOc1ccccc1NC(=O)CCNc1ccccc1CC. The highest BCUT2D eigenvalue weighted by Crippen LogP contribution is 2.23. The Morgan fingerprint density at radius 3 is 2.43 bits per heavy atom. The van der Waals surface area contributed by atoms with Crippen LogP contribution in [0.25, 0.3) is 0 Å². The van der Waals surface area contributed by atoms with Gasteiger partial charge in [-0.15, -0.1) is 0 Å². The number of aryl methyl sites for hydroxylation is 1. The summed E-state index contributed by atoms with van der Waals surface area (Å²) in [6.07, 6.45) is 1.37. The number of hydrogen-bond donors (Lipinski definition) is 2. The number of carbonyl (C=O) groups is 1. The largest absolute Gasteiger partial charge is 0.492 e. The molecule has 2 N–H and O–H groups in total. The maximum absolute atomic E-state index is 12.1. The Bertz CT molecular complexity index is 641. The molecule has 122 valence electrons. The number of amides is 1. The molecule has 0 unspecified atom stereocenters. The van der Waals surface area contributed by atoms with Gasteiger partial charge in [0.15, 0.2) is 0 Å². The van der Waals surface area contributed by atoms with E-state index in [1.54, 1.807) is 0 Å². The molecule has 0 saturated carbocycles. The first-order valence-electron chi connectivity index (χ1n) is 8.08. The van der Waals surface area contributed by atoms with Gasteiger partial charge in [-0.2, -0.15) is 0 Å². The molecule has 0 aliphatic rings. The van der Waals surface area contributed by atoms with Gasteiger partial charge in [0.05, 0.1) is 12.3 Å². The number of nitrogens with one attached hydrogen (secondary N) is 2. The zero-order valence-corrected chi connectivity index (χ0v) is 13.8. The Kier molecular flexibility index (Phi) is 6.48. The van der Waals surface area contributed by atoms with Crippen LogP contribution in [0.4, 0.5) is 11.4 Å². The van der Waals surface area contributed by atoms with Crippen LogP contribution in [0, 0.1) is 0 Å². The summed E-state index contributed by atoms with van der Waals surface area (Å²) >= 11 is 0. The van der Waals surface area contributed by atoms with Gasteiger partial charge in [-0.05, 0) is 37.1 Å². The van der Waals surface area contributed by atoms with Gasteiger partial charge in [-0.25, -0.2) is 0 Å². The Labute approximate surface area is 137 Å². The number of ether oxygens (including phenoxy) is 1. The molecular weight excluding hydrogens is 288 g/mol. The highest BCUT2D eigenvalue weighted by molar-refractivity contribution is 5.92. The predicted octanol–water partition coefficient (Wildman–Crippen LogP) is 4.09. The zero-order valence-electron chi connectivity index (χ0n) is 13.8. The molecule has 23 heavy (non-hydrogen) atoms. The number of rotatable bonds is 8. The fourth-order valence-corrected chi connectivity index (χ4v) is 2.38. The molecule has 0 heterocycles. The van der Waals surface area contributed by atoms with Gasteiger partial charge in [-0.1, -0.05) is 37.3 Å². The van der Waals surface area contributed by atoms with Crippen molar-refractivity contribution in [2.24, 2.45) is 0 Å². The van der Waals surface area contributed by atoms with Crippen LogP contribution in [0.5, 0.6) is 5.75 Å². The number of hydrogen-bond acceptors (Lipinski definition) is 3. The van der Waals surface area contributed by atoms with Crippen molar-refractivity contribution in [2.75, 3.05) is 23.8 Å². The summed E-state index contributed by atoms with van der Waals surface area (Å²) in [5, 5.41) is 6.23. The first kappa shape index (κ1) is 16.9. The normalized spacial score (nSPS) is 10.2. The topological polar surface area (TPSA) is 50.4 Å². The van der Waals surface area contributed by atoms with E-state index in [-0.39, 0.29) is 5.91 Å². The van der Waals surface area contributed by atoms with Crippen molar-refractivity contribution >= 4 is 17.3 Å². The fraction of sp³-hybridized carbons (Fsp3) is 0.316. The van der Waals surface area contributed by atoms with E-state index in [0.717, 1.165) is 12.1 Å². The second-order valence-corrected chi connectivity index (χ2v) is 5.16. The number of para-hydroxylation sites is 3. The van der Waals surface area contributed by atoms with Crippen molar-refractivity contribution in [3.63, 3.8) is 0 Å². The molecule has 4 nitrogen and oxygen atoms in total. The van der Waals surface area contributed by atoms with Gasteiger partial charge in [0.2, 0.25) is 5.91 Å². The van der Waals surface area contributed by atoms with Gasteiger partial charge >= 0.3 is 0 Å². The third-order valence-electron chi connectivity index (χ3n) is 3.53. The Morgan fingerprint density at radius 2 is 1.70 bits per heavy atom. The van der Waals surface area contributed by atoms with Gasteiger partial charge in [0, 0.05) is 18.7 Å². The lowest BCUT2D eigenvalue weighted by molar-refractivity contribution is -0.116. The molecule has 0 saturated heterocycles. The summed E-state index contributed by atoms with van der Waals surface area (Å²) in [4.78, 5) is 12.1. The van der Waals surface area contributed by atoms with Gasteiger partial charge in [0.1, 0.15) is 5.75 Å². The van der Waals surface area contributed by atoms with Crippen LogP contribution in [-0.2, 0) is 11.2 Å². The Hall–Kier alpha value is -2.49. The third kappa shape index (κ3) is 5.02. The first-order chi connectivity index (χ1) is 11.2. The van der Waals surface area contributed by atoms with E-state index in [0.29, 0.717) is 31.0 Å². The van der Waals surface area contributed by atoms with Gasteiger partial charge in [-0.3, -0.25) is 4.79 Å². The number of carbonyl (C=O) groups excluding carboxylic acids is 1. The second kappa shape index (κ2) is 8.83. The zero-order chi connectivity index (χ0) is 16.5. The monoisotopic (exact) mass is 312 g/mol. The fourth-order valence-electron chi connectivity index (χ4n) is 2.38. The second-order valence-electron chi connectivity index (χ2n) is 5.16. The van der Waals surface area contributed by atoms with E-state index in [1.807, 2.05) is 49.4 Å². The molecule has 0 aliphatic carbocycles. The summed E-state index contributed by atoms with van der Waals surface area (Å²) in [6, 6.07) is 15.7. The molecule has 0 bridgehead atoms. The van der Waals surface area contributed by atoms with Gasteiger partial charge in [0.25, 0.3) is 0 Å². The minimum absolute atomic E-state index is 0.0290. The lowest BCUT2D eigenvalue weighted by Crippen LogP contribution is -2.17. The Balaban J connectivity index is 1.86. The molecule has 1 amide bonds. The van der Waals surface area contributed by atoms with Crippen LogP contribution in [0.3, 0.4) is 0 Å². The van der Waals surface area contributed by atoms with Crippen LogP contribution in [0.2, 0.25) is 0 Å². The van der Waals surface area contributed by atoms with Crippen LogP contribution in [-0.4, -0.2) is 19.1 Å². The van der Waals surface area contributed by atoms with Crippen molar-refractivity contribution in [2.45, 2.75) is 26.7 Å². The van der Waals surface area contributed by atoms with E-state index in [9.17, 15) is 4.79 Å². The molecule has 2 aromatic carbocycles. The maximum Gasteiger partial charge on any atom is 0.226 e. The van der Waals surface area contributed by atoms with Crippen LogP contribution in [0.15, 0.2) is 48.5 Å². The lowest BCUT2D eigenvalue weighted by Gasteiger charge is -2.13. The minimum atomic E-state index is -0.0290. The molecule has 2 rings (SSSR count). The molecule has 4 heteroatoms. The lowest BCUT2D eigenvalue weighted by atomic mass is 10.1. The average Bonchev–Trinajstić information content (AvgIpc) is 2.57. The highest BCUT2D eigenvalue weighted by atomic mass is 16.5. The highest BCUT2D eigenvalue weighted by Gasteiger charge is 2.07. The summed E-state index contributed by atoms with van der Waals surface area (Å²) in [6.45, 7) is 5.22. The third-order valence-corrected chi connectivity index (χ3v) is 3.53. The summed E-state index contributed by atoms with van der Waals surface area (Å²) in [7, 11) is 0. The van der Waals surface area contributed by atoms with Crippen LogP contribution in [0.1, 0.15) is 25.8 Å². The van der Waals surface area contributed by atoms with E-state index >= 15 is 0 Å². The molecule has 0 fully saturated rings. The van der Waals surface area contributed by atoms with E-state index in [2.05, 4.69) is 23.6 Å². The van der Waals surface area contributed by atoms with Crippen LogP contribution >= 0.6 is 0 Å². The quantitative estimate of drug-likeness (QED) is 0.772. The van der Waals surface area contributed by atoms with Crippen molar-refractivity contribution < 1.29 is 9.53 Å². The summed E-state index contributed by atoms with van der Waals surface area (Å²) in [5.74, 6) is 0.672. The summed E-state index contributed by atoms with van der Waals surface area (Å²) < 4.78 is 5.51. The van der Waals surface area contributed by atoms with Crippen molar-refractivity contribution in [1.29, 1.82) is 0 Å². The predicted molar refractivity (Wildman–Crippen MR) is 95.2 cm³/mol. The summed E-state index contributed by atoms with van der Waals surface area (Å²) in [5.41, 5.74) is 3.07. The van der Waals surface area contributed by atoms with Crippen LogP contribution < -0.4 is 15.4 Å². The van der Waals surface area contributed by atoms with Gasteiger partial charge < -0.3 is 15.4 Å². The number of benzene rings is 2. The maximum atomic E-state index is 12.1. The van der Waals surface area contributed by atoms with Crippen molar-refractivity contribution in [1.82, 2.24) is 0 Å². The van der Waals surface area contributed by atoms with Crippen molar-refractivity contribution in [3.8, 4) is 5.75 Å². The van der Waals surface area contributed by atoms with E-state index in [4.69, 9.17) is 4.74 Å².